The molecule has 4 nitrogen and oxygen atoms in total. The predicted molar refractivity (Wildman–Crippen MR) is 66.8 cm³/mol. The number of anilines is 1. The van der Waals surface area contributed by atoms with Crippen molar-refractivity contribution in [2.24, 2.45) is 5.41 Å². The molecule has 1 spiro atoms. The van der Waals surface area contributed by atoms with Crippen molar-refractivity contribution in [2.75, 3.05) is 18.0 Å². The molecule has 1 aliphatic carbocycles. The first-order chi connectivity index (χ1) is 9.42. The topological polar surface area (TPSA) is 33.4 Å². The predicted octanol–water partition coefficient (Wildman–Crippen LogP) is 2.76. The Kier molecular flexibility index (Phi) is 2.19. The SMILES string of the molecule is Fc1cnc2c(N3CC(F)(F)C4(CC4)C3)cc(Cl)nn12. The van der Waals surface area contributed by atoms with Crippen molar-refractivity contribution in [3.05, 3.63) is 23.4 Å². The summed E-state index contributed by atoms with van der Waals surface area (Å²) in [6, 6.07) is 1.46. The minimum absolute atomic E-state index is 0.0458. The molecule has 0 unspecified atom stereocenters. The van der Waals surface area contributed by atoms with Crippen molar-refractivity contribution in [2.45, 2.75) is 18.8 Å². The van der Waals surface area contributed by atoms with E-state index in [-0.39, 0.29) is 17.3 Å². The first kappa shape index (κ1) is 12.3. The third kappa shape index (κ3) is 1.49. The average Bonchev–Trinajstić information content (AvgIpc) is 3.01. The van der Waals surface area contributed by atoms with Gasteiger partial charge in [0.15, 0.2) is 10.8 Å². The zero-order valence-electron chi connectivity index (χ0n) is 10.3. The summed E-state index contributed by atoms with van der Waals surface area (Å²) < 4.78 is 42.5. The lowest BCUT2D eigenvalue weighted by Crippen LogP contribution is -2.28. The summed E-state index contributed by atoms with van der Waals surface area (Å²) >= 11 is 5.85. The highest BCUT2D eigenvalue weighted by atomic mass is 35.5. The molecule has 4 rings (SSSR count). The van der Waals surface area contributed by atoms with Crippen LogP contribution in [0.5, 0.6) is 0 Å². The lowest BCUT2D eigenvalue weighted by molar-refractivity contribution is -0.0334. The van der Waals surface area contributed by atoms with Gasteiger partial charge in [0, 0.05) is 12.6 Å². The zero-order valence-corrected chi connectivity index (χ0v) is 11.0. The van der Waals surface area contributed by atoms with Crippen LogP contribution in [0.3, 0.4) is 0 Å². The molecule has 0 amide bonds. The first-order valence-corrected chi connectivity index (χ1v) is 6.62. The van der Waals surface area contributed by atoms with Crippen LogP contribution in [0.15, 0.2) is 12.3 Å². The second kappa shape index (κ2) is 3.58. The molecule has 0 bridgehead atoms. The fourth-order valence-electron chi connectivity index (χ4n) is 2.92. The van der Waals surface area contributed by atoms with E-state index in [9.17, 15) is 13.2 Å². The van der Waals surface area contributed by atoms with Gasteiger partial charge in [-0.05, 0) is 12.8 Å². The third-order valence-corrected chi connectivity index (χ3v) is 4.41. The Morgan fingerprint density at radius 1 is 1.25 bits per heavy atom. The van der Waals surface area contributed by atoms with E-state index >= 15 is 0 Å². The van der Waals surface area contributed by atoms with Gasteiger partial charge in [0.05, 0.1) is 23.8 Å². The van der Waals surface area contributed by atoms with Crippen LogP contribution in [-0.4, -0.2) is 33.6 Å². The molecule has 0 N–H and O–H groups in total. The third-order valence-electron chi connectivity index (χ3n) is 4.23. The summed E-state index contributed by atoms with van der Waals surface area (Å²) in [4.78, 5) is 5.43. The van der Waals surface area contributed by atoms with Crippen molar-refractivity contribution in [3.8, 4) is 0 Å². The standard InChI is InChI=1S/C12H10ClF3N4/c13-8-3-7(10-17-4-9(14)20(10)18-8)19-5-11(1-2-11)12(15,16)6-19/h3-4H,1-2,5-6H2. The van der Waals surface area contributed by atoms with Gasteiger partial charge < -0.3 is 4.90 Å². The zero-order chi connectivity index (χ0) is 14.1. The Morgan fingerprint density at radius 3 is 2.65 bits per heavy atom. The largest absolute Gasteiger partial charge is 0.362 e. The van der Waals surface area contributed by atoms with E-state index < -0.39 is 23.8 Å². The van der Waals surface area contributed by atoms with Crippen LogP contribution in [0, 0.1) is 11.4 Å². The molecule has 2 fully saturated rings. The first-order valence-electron chi connectivity index (χ1n) is 6.24. The smallest absolute Gasteiger partial charge is 0.272 e. The van der Waals surface area contributed by atoms with E-state index in [0.29, 0.717) is 18.5 Å². The van der Waals surface area contributed by atoms with E-state index in [0.717, 1.165) is 10.7 Å². The summed E-state index contributed by atoms with van der Waals surface area (Å²) in [5.41, 5.74) is -0.317. The number of imidazole rings is 1. The van der Waals surface area contributed by atoms with Gasteiger partial charge in [0.1, 0.15) is 0 Å². The molecule has 2 aliphatic rings. The van der Waals surface area contributed by atoms with Crippen LogP contribution in [-0.2, 0) is 0 Å². The van der Waals surface area contributed by atoms with E-state index in [4.69, 9.17) is 11.6 Å². The quantitative estimate of drug-likeness (QED) is 0.812. The number of halogens is 4. The van der Waals surface area contributed by atoms with Crippen LogP contribution >= 0.6 is 11.6 Å². The van der Waals surface area contributed by atoms with Crippen molar-refractivity contribution in [1.29, 1.82) is 0 Å². The van der Waals surface area contributed by atoms with Crippen LogP contribution in [0.2, 0.25) is 5.15 Å². The highest BCUT2D eigenvalue weighted by Gasteiger charge is 2.67. The van der Waals surface area contributed by atoms with E-state index in [1.807, 2.05) is 0 Å². The number of aromatic nitrogens is 3. The normalized spacial score (nSPS) is 22.9. The Bertz CT molecular complexity index is 704. The molecule has 1 aliphatic heterocycles. The van der Waals surface area contributed by atoms with Gasteiger partial charge in [-0.2, -0.15) is 14.0 Å². The molecule has 8 heteroatoms. The van der Waals surface area contributed by atoms with Crippen LogP contribution in [0.1, 0.15) is 12.8 Å². The highest BCUT2D eigenvalue weighted by Crippen LogP contribution is 2.61. The van der Waals surface area contributed by atoms with Gasteiger partial charge in [-0.25, -0.2) is 13.8 Å². The van der Waals surface area contributed by atoms with Crippen LogP contribution < -0.4 is 4.90 Å². The summed E-state index contributed by atoms with van der Waals surface area (Å²) in [5.74, 6) is -3.40. The minimum Gasteiger partial charge on any atom is -0.362 e. The van der Waals surface area contributed by atoms with Crippen LogP contribution in [0.4, 0.5) is 18.9 Å². The molecule has 1 saturated heterocycles. The fraction of sp³-hybridized carbons (Fsp3) is 0.500. The summed E-state index contributed by atoms with van der Waals surface area (Å²) in [6.07, 6.45) is 2.05. The molecule has 0 aromatic carbocycles. The van der Waals surface area contributed by atoms with Crippen molar-refractivity contribution >= 4 is 22.9 Å². The van der Waals surface area contributed by atoms with Gasteiger partial charge in [0.25, 0.3) is 5.92 Å². The lowest BCUT2D eigenvalue weighted by atomic mass is 10.0. The molecule has 0 atom stereocenters. The summed E-state index contributed by atoms with van der Waals surface area (Å²) in [5, 5.41) is 3.83. The number of rotatable bonds is 1. The molecular weight excluding hydrogens is 293 g/mol. The van der Waals surface area contributed by atoms with Gasteiger partial charge in [-0.15, -0.1) is 0 Å². The van der Waals surface area contributed by atoms with Gasteiger partial charge >= 0.3 is 0 Å². The van der Waals surface area contributed by atoms with Gasteiger partial charge in [-0.1, -0.05) is 11.6 Å². The Balaban J connectivity index is 1.84. The van der Waals surface area contributed by atoms with Crippen molar-refractivity contribution in [1.82, 2.24) is 14.6 Å². The average molecular weight is 303 g/mol. The monoisotopic (exact) mass is 302 g/mol. The van der Waals surface area contributed by atoms with E-state index in [1.54, 1.807) is 0 Å². The molecular formula is C12H10ClF3N4. The van der Waals surface area contributed by atoms with Crippen molar-refractivity contribution in [3.63, 3.8) is 0 Å². The number of hydrogen-bond acceptors (Lipinski definition) is 3. The maximum absolute atomic E-state index is 14.0. The number of alkyl halides is 2. The second-order valence-corrected chi connectivity index (χ2v) is 5.90. The maximum atomic E-state index is 14.0. The number of fused-ring (bicyclic) bond motifs is 1. The fourth-order valence-corrected chi connectivity index (χ4v) is 3.10. The second-order valence-electron chi connectivity index (χ2n) is 5.51. The summed E-state index contributed by atoms with van der Waals surface area (Å²) in [6.45, 7) is -0.151. The molecule has 106 valence electrons. The molecule has 2 aromatic heterocycles. The van der Waals surface area contributed by atoms with Gasteiger partial charge in [-0.3, -0.25) is 0 Å². The molecule has 0 radical (unpaired) electrons. The molecule has 3 heterocycles. The van der Waals surface area contributed by atoms with E-state index in [1.165, 1.54) is 11.0 Å². The van der Waals surface area contributed by atoms with Crippen LogP contribution in [0.25, 0.3) is 5.65 Å². The Morgan fingerprint density at radius 2 is 2.00 bits per heavy atom. The Hall–Kier alpha value is -1.50. The van der Waals surface area contributed by atoms with Gasteiger partial charge in [0.2, 0.25) is 5.95 Å². The number of hydrogen-bond donors (Lipinski definition) is 0. The highest BCUT2D eigenvalue weighted by molar-refractivity contribution is 6.29. The summed E-state index contributed by atoms with van der Waals surface area (Å²) in [7, 11) is 0. The van der Waals surface area contributed by atoms with E-state index in [2.05, 4.69) is 10.1 Å². The molecule has 20 heavy (non-hydrogen) atoms. The molecule has 1 saturated carbocycles. The molecule has 2 aromatic rings. The lowest BCUT2D eigenvalue weighted by Gasteiger charge is -2.18. The minimum atomic E-state index is -2.73. The Labute approximate surface area is 117 Å². The maximum Gasteiger partial charge on any atom is 0.272 e. The number of nitrogens with zero attached hydrogens (tertiary/aromatic N) is 4. The van der Waals surface area contributed by atoms with Crippen molar-refractivity contribution < 1.29 is 13.2 Å².